The van der Waals surface area contributed by atoms with Crippen molar-refractivity contribution in [2.75, 3.05) is 19.1 Å². The van der Waals surface area contributed by atoms with Gasteiger partial charge in [0.2, 0.25) is 5.82 Å². The lowest BCUT2D eigenvalue weighted by Gasteiger charge is -2.22. The average Bonchev–Trinajstić information content (AvgIpc) is 2.76. The molecule has 1 unspecified atom stereocenters. The molecular weight excluding hydrogens is 236 g/mol. The van der Waals surface area contributed by atoms with E-state index in [-0.39, 0.29) is 17.8 Å². The van der Waals surface area contributed by atoms with Crippen molar-refractivity contribution < 1.29 is 4.79 Å². The summed E-state index contributed by atoms with van der Waals surface area (Å²) in [5, 5.41) is 6.76. The molecule has 6 heteroatoms. The molecule has 0 bridgehead atoms. The number of carbonyl (C=O) groups excluding carboxylic acids is 1. The molecule has 17 heavy (non-hydrogen) atoms. The highest BCUT2D eigenvalue weighted by Crippen LogP contribution is 2.07. The van der Waals surface area contributed by atoms with Gasteiger partial charge < -0.3 is 4.90 Å². The molecular formula is C11H20N4OS. The fourth-order valence-corrected chi connectivity index (χ4v) is 2.16. The molecule has 1 heterocycles. The van der Waals surface area contributed by atoms with Crippen LogP contribution in [0.3, 0.4) is 0 Å². The zero-order valence-corrected chi connectivity index (χ0v) is 11.7. The third-order valence-corrected chi connectivity index (χ3v) is 3.41. The van der Waals surface area contributed by atoms with Gasteiger partial charge in [-0.1, -0.05) is 6.92 Å². The van der Waals surface area contributed by atoms with Gasteiger partial charge >= 0.3 is 0 Å². The van der Waals surface area contributed by atoms with Crippen LogP contribution in [0.4, 0.5) is 0 Å². The third kappa shape index (κ3) is 3.73. The molecule has 0 radical (unpaired) electrons. The first-order valence-electron chi connectivity index (χ1n) is 5.77. The van der Waals surface area contributed by atoms with Crippen molar-refractivity contribution in [1.29, 1.82) is 0 Å². The Morgan fingerprint density at radius 1 is 1.59 bits per heavy atom. The first-order chi connectivity index (χ1) is 8.10. The monoisotopic (exact) mass is 256 g/mol. The molecule has 0 saturated heterocycles. The number of aromatic amines is 1. The van der Waals surface area contributed by atoms with E-state index in [9.17, 15) is 4.79 Å². The zero-order valence-electron chi connectivity index (χ0n) is 10.9. The smallest absolute Gasteiger partial charge is 0.293 e. The van der Waals surface area contributed by atoms with Gasteiger partial charge in [-0.15, -0.1) is 5.10 Å². The molecule has 1 atom stereocenters. The van der Waals surface area contributed by atoms with Crippen molar-refractivity contribution >= 4 is 17.7 Å². The molecule has 1 aromatic heterocycles. The highest BCUT2D eigenvalue weighted by molar-refractivity contribution is 7.98. The van der Waals surface area contributed by atoms with Crippen molar-refractivity contribution in [3.05, 3.63) is 11.6 Å². The molecule has 1 amide bonds. The number of hydrogen-bond acceptors (Lipinski definition) is 4. The number of carbonyl (C=O) groups is 1. The highest BCUT2D eigenvalue weighted by Gasteiger charge is 2.20. The topological polar surface area (TPSA) is 61.9 Å². The number of amides is 1. The van der Waals surface area contributed by atoms with Crippen LogP contribution in [0, 0.1) is 0 Å². The van der Waals surface area contributed by atoms with Gasteiger partial charge in [0.15, 0.2) is 0 Å². The number of nitrogens with one attached hydrogen (secondary N) is 1. The SMILES string of the molecule is CCCc1nc(C(=O)N(C)C(C)CSC)n[nH]1. The van der Waals surface area contributed by atoms with Crippen LogP contribution in [-0.2, 0) is 6.42 Å². The van der Waals surface area contributed by atoms with Crippen LogP contribution in [0.5, 0.6) is 0 Å². The normalized spacial score (nSPS) is 12.5. The molecule has 1 rings (SSSR count). The predicted molar refractivity (Wildman–Crippen MR) is 70.3 cm³/mol. The minimum atomic E-state index is -0.120. The lowest BCUT2D eigenvalue weighted by molar-refractivity contribution is 0.0745. The Bertz CT molecular complexity index is 366. The largest absolute Gasteiger partial charge is 0.335 e. The van der Waals surface area contributed by atoms with E-state index < -0.39 is 0 Å². The zero-order chi connectivity index (χ0) is 12.8. The van der Waals surface area contributed by atoms with E-state index in [1.165, 1.54) is 0 Å². The summed E-state index contributed by atoms with van der Waals surface area (Å²) in [5.41, 5.74) is 0. The molecule has 0 fully saturated rings. The summed E-state index contributed by atoms with van der Waals surface area (Å²) >= 11 is 1.72. The minimum Gasteiger partial charge on any atom is -0.335 e. The van der Waals surface area contributed by atoms with Crippen LogP contribution in [0.25, 0.3) is 0 Å². The average molecular weight is 256 g/mol. The first-order valence-corrected chi connectivity index (χ1v) is 7.16. The molecule has 0 spiro atoms. The number of thioether (sulfide) groups is 1. The third-order valence-electron chi connectivity index (χ3n) is 2.60. The Hall–Kier alpha value is -1.04. The minimum absolute atomic E-state index is 0.120. The van der Waals surface area contributed by atoms with Crippen LogP contribution in [-0.4, -0.2) is 51.1 Å². The fraction of sp³-hybridized carbons (Fsp3) is 0.727. The maximum absolute atomic E-state index is 12.1. The lowest BCUT2D eigenvalue weighted by Crippen LogP contribution is -2.37. The number of rotatable bonds is 6. The number of hydrogen-bond donors (Lipinski definition) is 1. The Kier molecular flexibility index (Phi) is 5.47. The lowest BCUT2D eigenvalue weighted by atomic mass is 10.3. The molecule has 96 valence electrons. The first kappa shape index (κ1) is 14.0. The maximum atomic E-state index is 12.1. The van der Waals surface area contributed by atoms with Gasteiger partial charge in [0.1, 0.15) is 5.82 Å². The van der Waals surface area contributed by atoms with Crippen molar-refractivity contribution in [2.45, 2.75) is 32.7 Å². The van der Waals surface area contributed by atoms with Crippen LogP contribution in [0.1, 0.15) is 36.7 Å². The van der Waals surface area contributed by atoms with Crippen LogP contribution < -0.4 is 0 Å². The summed E-state index contributed by atoms with van der Waals surface area (Å²) in [6.45, 7) is 4.09. The molecule has 0 saturated carbocycles. The van der Waals surface area contributed by atoms with Gasteiger partial charge in [-0.05, 0) is 19.6 Å². The summed E-state index contributed by atoms with van der Waals surface area (Å²) in [4.78, 5) is 17.9. The molecule has 0 aliphatic carbocycles. The maximum Gasteiger partial charge on any atom is 0.293 e. The van der Waals surface area contributed by atoms with Gasteiger partial charge in [0, 0.05) is 25.3 Å². The number of H-pyrrole nitrogens is 1. The van der Waals surface area contributed by atoms with Crippen LogP contribution in [0.15, 0.2) is 0 Å². The molecule has 0 aliphatic heterocycles. The van der Waals surface area contributed by atoms with Gasteiger partial charge in [-0.2, -0.15) is 11.8 Å². The van der Waals surface area contributed by atoms with Crippen molar-refractivity contribution in [3.63, 3.8) is 0 Å². The second-order valence-electron chi connectivity index (χ2n) is 4.08. The van der Waals surface area contributed by atoms with E-state index in [0.717, 1.165) is 24.4 Å². The van der Waals surface area contributed by atoms with Crippen LogP contribution >= 0.6 is 11.8 Å². The van der Waals surface area contributed by atoms with Gasteiger partial charge in [-0.25, -0.2) is 4.98 Å². The second kappa shape index (κ2) is 6.64. The molecule has 5 nitrogen and oxygen atoms in total. The van der Waals surface area contributed by atoms with Gasteiger partial charge in [-0.3, -0.25) is 9.89 Å². The second-order valence-corrected chi connectivity index (χ2v) is 4.99. The Morgan fingerprint density at radius 2 is 2.29 bits per heavy atom. The molecule has 0 aliphatic rings. The predicted octanol–water partition coefficient (Wildman–Crippen LogP) is 1.58. The number of aryl methyl sites for hydroxylation is 1. The van der Waals surface area contributed by atoms with E-state index in [0.29, 0.717) is 0 Å². The molecule has 0 aromatic carbocycles. The van der Waals surface area contributed by atoms with Crippen molar-refractivity contribution in [2.24, 2.45) is 0 Å². The Labute approximate surface area is 106 Å². The Balaban J connectivity index is 2.67. The van der Waals surface area contributed by atoms with E-state index >= 15 is 0 Å². The molecule has 1 N–H and O–H groups in total. The van der Waals surface area contributed by atoms with Gasteiger partial charge in [0.05, 0.1) is 0 Å². The summed E-state index contributed by atoms with van der Waals surface area (Å²) in [6, 6.07) is 0.186. The summed E-state index contributed by atoms with van der Waals surface area (Å²) in [5.74, 6) is 1.84. The van der Waals surface area contributed by atoms with E-state index in [1.54, 1.807) is 23.7 Å². The summed E-state index contributed by atoms with van der Waals surface area (Å²) in [6.07, 6.45) is 3.84. The molecule has 1 aromatic rings. The van der Waals surface area contributed by atoms with E-state index in [4.69, 9.17) is 0 Å². The quantitative estimate of drug-likeness (QED) is 0.839. The summed E-state index contributed by atoms with van der Waals surface area (Å²) < 4.78 is 0. The van der Waals surface area contributed by atoms with Crippen LogP contribution in [0.2, 0.25) is 0 Å². The van der Waals surface area contributed by atoms with E-state index in [2.05, 4.69) is 22.1 Å². The van der Waals surface area contributed by atoms with Crippen molar-refractivity contribution in [3.8, 4) is 0 Å². The van der Waals surface area contributed by atoms with Crippen molar-refractivity contribution in [1.82, 2.24) is 20.1 Å². The standard InChI is InChI=1S/C11H20N4OS/c1-5-6-9-12-10(14-13-9)11(16)15(3)8(2)7-17-4/h8H,5-7H2,1-4H3,(H,12,13,14). The number of aromatic nitrogens is 3. The summed E-state index contributed by atoms with van der Waals surface area (Å²) in [7, 11) is 1.79. The number of nitrogens with zero attached hydrogens (tertiary/aromatic N) is 3. The van der Waals surface area contributed by atoms with E-state index in [1.807, 2.05) is 13.2 Å². The van der Waals surface area contributed by atoms with Gasteiger partial charge in [0.25, 0.3) is 5.91 Å². The highest BCUT2D eigenvalue weighted by atomic mass is 32.2. The fourth-order valence-electron chi connectivity index (χ4n) is 1.45. The Morgan fingerprint density at radius 3 is 2.88 bits per heavy atom.